The Labute approximate surface area is 162 Å². The Bertz CT molecular complexity index is 971. The summed E-state index contributed by atoms with van der Waals surface area (Å²) in [6, 6.07) is 15.9. The topological polar surface area (TPSA) is 131 Å². The van der Waals surface area contributed by atoms with Crippen LogP contribution in [-0.2, 0) is 0 Å². The first-order valence-corrected chi connectivity index (χ1v) is 8.57. The molecule has 3 aromatic rings. The Morgan fingerprint density at radius 2 is 1.00 bits per heavy atom. The third-order valence-corrected chi connectivity index (χ3v) is 4.43. The van der Waals surface area contributed by atoms with Gasteiger partial charge in [-0.1, -0.05) is 48.5 Å². The monoisotopic (exact) mass is 374 g/mol. The van der Waals surface area contributed by atoms with Crippen LogP contribution in [0.3, 0.4) is 0 Å². The SMILES string of the molecule is CN(/N=C/c1c2ccccc2c(/C=N/N(C)C(=N)N)c2ccccc12)C(=N)N. The van der Waals surface area contributed by atoms with Crippen molar-refractivity contribution < 1.29 is 0 Å². The van der Waals surface area contributed by atoms with E-state index in [9.17, 15) is 0 Å². The fraction of sp³-hybridized carbons (Fsp3) is 0.100. The molecule has 0 amide bonds. The first-order chi connectivity index (χ1) is 13.4. The van der Waals surface area contributed by atoms with E-state index in [1.54, 1.807) is 26.5 Å². The maximum atomic E-state index is 7.50. The van der Waals surface area contributed by atoms with Gasteiger partial charge in [-0.25, -0.2) is 10.0 Å². The highest BCUT2D eigenvalue weighted by Gasteiger charge is 2.12. The van der Waals surface area contributed by atoms with Gasteiger partial charge in [0.05, 0.1) is 12.4 Å². The third-order valence-electron chi connectivity index (χ3n) is 4.43. The lowest BCUT2D eigenvalue weighted by molar-refractivity contribution is 0.536. The molecule has 3 aromatic carbocycles. The summed E-state index contributed by atoms with van der Waals surface area (Å²) in [6.45, 7) is 0. The molecule has 0 aliphatic carbocycles. The van der Waals surface area contributed by atoms with E-state index < -0.39 is 0 Å². The van der Waals surface area contributed by atoms with Crippen molar-refractivity contribution in [3.63, 3.8) is 0 Å². The Balaban J connectivity index is 2.30. The first kappa shape index (κ1) is 18.8. The van der Waals surface area contributed by atoms with Crippen LogP contribution < -0.4 is 11.5 Å². The van der Waals surface area contributed by atoms with Gasteiger partial charge in [0.15, 0.2) is 0 Å². The smallest absolute Gasteiger partial charge is 0.208 e. The Morgan fingerprint density at radius 3 is 1.25 bits per heavy atom. The van der Waals surface area contributed by atoms with Crippen LogP contribution in [0.25, 0.3) is 21.5 Å². The molecular formula is C20H22N8. The lowest BCUT2D eigenvalue weighted by Gasteiger charge is -2.14. The molecule has 0 saturated heterocycles. The molecular weight excluding hydrogens is 352 g/mol. The van der Waals surface area contributed by atoms with Gasteiger partial charge in [-0.2, -0.15) is 10.2 Å². The normalized spacial score (nSPS) is 11.5. The second-order valence-electron chi connectivity index (χ2n) is 6.23. The van der Waals surface area contributed by atoms with E-state index in [1.165, 1.54) is 10.0 Å². The average Bonchev–Trinajstić information content (AvgIpc) is 2.69. The van der Waals surface area contributed by atoms with E-state index in [1.807, 2.05) is 48.5 Å². The highest BCUT2D eigenvalue weighted by molar-refractivity contribution is 6.21. The third kappa shape index (κ3) is 3.61. The van der Waals surface area contributed by atoms with Gasteiger partial charge in [0.1, 0.15) is 0 Å². The molecule has 8 nitrogen and oxygen atoms in total. The van der Waals surface area contributed by atoms with Crippen molar-refractivity contribution in [3.05, 3.63) is 59.7 Å². The number of benzene rings is 3. The fourth-order valence-electron chi connectivity index (χ4n) is 2.89. The molecule has 0 radical (unpaired) electrons. The van der Waals surface area contributed by atoms with Crippen LogP contribution in [0.5, 0.6) is 0 Å². The second kappa shape index (κ2) is 7.75. The molecule has 0 aromatic heterocycles. The lowest BCUT2D eigenvalue weighted by atomic mass is 9.92. The first-order valence-electron chi connectivity index (χ1n) is 8.57. The Morgan fingerprint density at radius 1 is 0.714 bits per heavy atom. The number of hydrazone groups is 2. The van der Waals surface area contributed by atoms with Gasteiger partial charge >= 0.3 is 0 Å². The van der Waals surface area contributed by atoms with Gasteiger partial charge in [0.25, 0.3) is 0 Å². The standard InChI is InChI=1S/C20H22N8/c1-27(19(21)22)25-11-17-13-7-3-5-9-15(13)18(12-26-28(2)20(23)24)16-10-6-4-8-14(16)17/h3-12H,1-2H3,(H3,21,22)(H3,23,24)/b25-11+,26-12+. The van der Waals surface area contributed by atoms with E-state index in [0.29, 0.717) is 0 Å². The van der Waals surface area contributed by atoms with Crippen LogP contribution in [0.4, 0.5) is 0 Å². The van der Waals surface area contributed by atoms with E-state index in [4.69, 9.17) is 22.3 Å². The zero-order valence-corrected chi connectivity index (χ0v) is 15.7. The van der Waals surface area contributed by atoms with E-state index in [-0.39, 0.29) is 11.9 Å². The average molecular weight is 374 g/mol. The van der Waals surface area contributed by atoms with Crippen LogP contribution in [0.15, 0.2) is 58.7 Å². The molecule has 142 valence electrons. The van der Waals surface area contributed by atoms with Gasteiger partial charge in [0, 0.05) is 25.2 Å². The van der Waals surface area contributed by atoms with E-state index in [0.717, 1.165) is 32.7 Å². The minimum atomic E-state index is -0.138. The van der Waals surface area contributed by atoms with Crippen LogP contribution in [0.1, 0.15) is 11.1 Å². The van der Waals surface area contributed by atoms with Crippen molar-refractivity contribution in [1.29, 1.82) is 10.8 Å². The number of fused-ring (bicyclic) bond motifs is 2. The lowest BCUT2D eigenvalue weighted by Crippen LogP contribution is -2.28. The molecule has 0 unspecified atom stereocenters. The number of nitrogens with two attached hydrogens (primary N) is 2. The largest absolute Gasteiger partial charge is 0.369 e. The zero-order chi connectivity index (χ0) is 20.3. The van der Waals surface area contributed by atoms with Crippen molar-refractivity contribution >= 4 is 45.9 Å². The summed E-state index contributed by atoms with van der Waals surface area (Å²) in [6.07, 6.45) is 3.43. The number of rotatable bonds is 4. The molecule has 0 aliphatic heterocycles. The van der Waals surface area contributed by atoms with E-state index >= 15 is 0 Å². The van der Waals surface area contributed by atoms with Crippen molar-refractivity contribution in [2.45, 2.75) is 0 Å². The molecule has 3 rings (SSSR count). The Kier molecular flexibility index (Phi) is 5.21. The van der Waals surface area contributed by atoms with Gasteiger partial charge in [-0.05, 0) is 21.5 Å². The van der Waals surface area contributed by atoms with Crippen molar-refractivity contribution in [2.75, 3.05) is 14.1 Å². The van der Waals surface area contributed by atoms with Crippen molar-refractivity contribution in [3.8, 4) is 0 Å². The summed E-state index contributed by atoms with van der Waals surface area (Å²) in [5.74, 6) is -0.276. The van der Waals surface area contributed by atoms with Crippen LogP contribution >= 0.6 is 0 Å². The highest BCUT2D eigenvalue weighted by Crippen LogP contribution is 2.31. The summed E-state index contributed by atoms with van der Waals surface area (Å²) in [4.78, 5) is 0. The molecule has 0 saturated carbocycles. The van der Waals surface area contributed by atoms with E-state index in [2.05, 4.69) is 10.2 Å². The molecule has 0 atom stereocenters. The van der Waals surface area contributed by atoms with Gasteiger partial charge in [-0.15, -0.1) is 0 Å². The number of hydrogen-bond acceptors (Lipinski definition) is 4. The summed E-state index contributed by atoms with van der Waals surface area (Å²) in [5.41, 5.74) is 12.8. The summed E-state index contributed by atoms with van der Waals surface area (Å²) in [7, 11) is 3.25. The van der Waals surface area contributed by atoms with Crippen LogP contribution in [-0.4, -0.2) is 48.5 Å². The predicted octanol–water partition coefficient (Wildman–Crippen LogP) is 2.31. The predicted molar refractivity (Wildman–Crippen MR) is 116 cm³/mol. The highest BCUT2D eigenvalue weighted by atomic mass is 15.5. The molecule has 0 spiro atoms. The molecule has 28 heavy (non-hydrogen) atoms. The molecule has 0 bridgehead atoms. The summed E-state index contributed by atoms with van der Waals surface area (Å²) < 4.78 is 0. The van der Waals surface area contributed by atoms with Gasteiger partial charge < -0.3 is 11.5 Å². The van der Waals surface area contributed by atoms with Crippen molar-refractivity contribution in [2.24, 2.45) is 21.7 Å². The summed E-state index contributed by atoms with van der Waals surface area (Å²) in [5, 5.41) is 30.2. The zero-order valence-electron chi connectivity index (χ0n) is 15.7. The quantitative estimate of drug-likeness (QED) is 0.241. The molecule has 0 fully saturated rings. The van der Waals surface area contributed by atoms with Gasteiger partial charge in [-0.3, -0.25) is 10.8 Å². The Hall–Kier alpha value is -3.94. The number of nitrogens with zero attached hydrogens (tertiary/aromatic N) is 4. The van der Waals surface area contributed by atoms with Crippen LogP contribution in [0.2, 0.25) is 0 Å². The maximum Gasteiger partial charge on any atom is 0.208 e. The maximum absolute atomic E-state index is 7.50. The van der Waals surface area contributed by atoms with Gasteiger partial charge in [0.2, 0.25) is 11.9 Å². The molecule has 6 N–H and O–H groups in total. The number of hydrogen-bond donors (Lipinski definition) is 4. The van der Waals surface area contributed by atoms with Crippen LogP contribution in [0, 0.1) is 10.8 Å². The second-order valence-corrected chi connectivity index (χ2v) is 6.23. The fourth-order valence-corrected chi connectivity index (χ4v) is 2.89. The number of nitrogens with one attached hydrogen (secondary N) is 2. The molecule has 0 heterocycles. The summed E-state index contributed by atoms with van der Waals surface area (Å²) >= 11 is 0. The molecule has 8 heteroatoms. The minimum Gasteiger partial charge on any atom is -0.369 e. The minimum absolute atomic E-state index is 0.138. The number of guanidine groups is 2. The molecule has 0 aliphatic rings. The van der Waals surface area contributed by atoms with Crippen molar-refractivity contribution in [1.82, 2.24) is 10.0 Å².